The molecule has 186 valence electrons. The lowest BCUT2D eigenvalue weighted by Gasteiger charge is -2.21. The summed E-state index contributed by atoms with van der Waals surface area (Å²) in [6, 6.07) is 24.1. The van der Waals surface area contributed by atoms with Gasteiger partial charge in [0.1, 0.15) is 11.5 Å². The number of halogens is 1. The average molecular weight is 522 g/mol. The Morgan fingerprint density at radius 1 is 0.917 bits per heavy atom. The van der Waals surface area contributed by atoms with Gasteiger partial charge in [-0.3, -0.25) is 4.79 Å². The Balaban J connectivity index is 1.71. The number of nitrogens with zero attached hydrogens (tertiary/aromatic N) is 2. The van der Waals surface area contributed by atoms with Crippen LogP contribution in [0.5, 0.6) is 0 Å². The first-order valence-corrected chi connectivity index (χ1v) is 13.4. The van der Waals surface area contributed by atoms with Crippen LogP contribution in [0.15, 0.2) is 83.8 Å². The maximum atomic E-state index is 13.1. The van der Waals surface area contributed by atoms with Crippen LogP contribution in [0.2, 0.25) is 5.15 Å². The van der Waals surface area contributed by atoms with Gasteiger partial charge in [0.05, 0.1) is 4.90 Å². The van der Waals surface area contributed by atoms with E-state index in [0.29, 0.717) is 23.6 Å². The number of sulfonamides is 1. The minimum atomic E-state index is -3.72. The molecule has 6 nitrogen and oxygen atoms in total. The first-order valence-electron chi connectivity index (χ1n) is 11.5. The third kappa shape index (κ3) is 5.59. The van der Waals surface area contributed by atoms with E-state index in [2.05, 4.69) is 9.71 Å². The van der Waals surface area contributed by atoms with E-state index < -0.39 is 15.6 Å². The molecule has 0 aliphatic rings. The Bertz CT molecular complexity index is 1500. The van der Waals surface area contributed by atoms with Crippen LogP contribution in [0.1, 0.15) is 43.7 Å². The number of imidazole rings is 1. The summed E-state index contributed by atoms with van der Waals surface area (Å²) in [5.41, 5.74) is 2.90. The number of nitrogens with one attached hydrogen (secondary N) is 1. The number of aromatic nitrogens is 2. The lowest BCUT2D eigenvalue weighted by atomic mass is 10.0. The molecule has 0 bridgehead atoms. The smallest absolute Gasteiger partial charge is 0.241 e. The van der Waals surface area contributed by atoms with Crippen molar-refractivity contribution in [2.45, 2.75) is 44.7 Å². The summed E-state index contributed by atoms with van der Waals surface area (Å²) in [5.74, 6) is 0.441. The number of hydrogen-bond acceptors (Lipinski definition) is 4. The quantitative estimate of drug-likeness (QED) is 0.294. The van der Waals surface area contributed by atoms with Crippen molar-refractivity contribution in [3.63, 3.8) is 0 Å². The molecule has 0 fully saturated rings. The fraction of sp³-hybridized carbons (Fsp3) is 0.214. The van der Waals surface area contributed by atoms with Crippen molar-refractivity contribution in [2.75, 3.05) is 0 Å². The lowest BCUT2D eigenvalue weighted by molar-refractivity contribution is 0.100. The molecule has 0 saturated carbocycles. The monoisotopic (exact) mass is 521 g/mol. The van der Waals surface area contributed by atoms with E-state index in [1.807, 2.05) is 86.0 Å². The fourth-order valence-corrected chi connectivity index (χ4v) is 6.05. The van der Waals surface area contributed by atoms with Gasteiger partial charge in [-0.2, -0.15) is 0 Å². The van der Waals surface area contributed by atoms with Gasteiger partial charge >= 0.3 is 0 Å². The van der Waals surface area contributed by atoms with E-state index in [1.165, 1.54) is 6.92 Å². The molecule has 0 amide bonds. The molecule has 36 heavy (non-hydrogen) atoms. The Hall–Kier alpha value is -3.26. The first kappa shape index (κ1) is 25.8. The summed E-state index contributed by atoms with van der Waals surface area (Å²) in [5, 5.41) is 0.170. The molecule has 0 aliphatic heterocycles. The zero-order valence-electron chi connectivity index (χ0n) is 20.6. The highest BCUT2D eigenvalue weighted by Crippen LogP contribution is 2.30. The fourth-order valence-electron chi connectivity index (χ4n) is 4.09. The molecular formula is C28H28ClN3O3S. The van der Waals surface area contributed by atoms with Gasteiger partial charge in [0.2, 0.25) is 10.0 Å². The second-order valence-corrected chi connectivity index (χ2v) is 11.6. The summed E-state index contributed by atoms with van der Waals surface area (Å²) < 4.78 is 30.7. The Labute approximate surface area is 217 Å². The summed E-state index contributed by atoms with van der Waals surface area (Å²) >= 11 is 6.36. The predicted molar refractivity (Wildman–Crippen MR) is 144 cm³/mol. The normalized spacial score (nSPS) is 12.0. The topological polar surface area (TPSA) is 81.1 Å². The minimum Gasteiger partial charge on any atom is -0.316 e. The highest BCUT2D eigenvalue weighted by molar-refractivity contribution is 7.89. The van der Waals surface area contributed by atoms with Crippen molar-refractivity contribution < 1.29 is 13.2 Å². The molecule has 0 saturated heterocycles. The number of hydrogen-bond donors (Lipinski definition) is 1. The van der Waals surface area contributed by atoms with E-state index in [4.69, 9.17) is 11.6 Å². The van der Waals surface area contributed by atoms with Crippen LogP contribution in [-0.2, 0) is 16.6 Å². The van der Waals surface area contributed by atoms with E-state index in [9.17, 15) is 13.2 Å². The van der Waals surface area contributed by atoms with Crippen molar-refractivity contribution >= 4 is 27.4 Å². The van der Waals surface area contributed by atoms with Gasteiger partial charge in [-0.25, -0.2) is 18.1 Å². The molecule has 1 aromatic heterocycles. The molecule has 0 unspecified atom stereocenters. The third-order valence-corrected chi connectivity index (χ3v) is 7.59. The zero-order valence-corrected chi connectivity index (χ0v) is 22.2. The van der Waals surface area contributed by atoms with E-state index in [0.717, 1.165) is 16.7 Å². The summed E-state index contributed by atoms with van der Waals surface area (Å²) in [6.45, 7) is 7.28. The molecule has 0 aliphatic carbocycles. The molecule has 4 rings (SSSR count). The zero-order chi connectivity index (χ0) is 26.1. The molecule has 3 aromatic carbocycles. The number of ketones is 1. The summed E-state index contributed by atoms with van der Waals surface area (Å²) in [7, 11) is -3.72. The maximum Gasteiger partial charge on any atom is 0.241 e. The van der Waals surface area contributed by atoms with Crippen LogP contribution >= 0.6 is 11.6 Å². The van der Waals surface area contributed by atoms with Crippen molar-refractivity contribution in [1.29, 1.82) is 0 Å². The maximum absolute atomic E-state index is 13.1. The van der Waals surface area contributed by atoms with Gasteiger partial charge in [-0.1, -0.05) is 84.4 Å². The molecule has 8 heteroatoms. The predicted octanol–water partition coefficient (Wildman–Crippen LogP) is 6.20. The van der Waals surface area contributed by atoms with Gasteiger partial charge in [0.15, 0.2) is 10.9 Å². The van der Waals surface area contributed by atoms with Gasteiger partial charge in [-0.15, -0.1) is 0 Å². The molecule has 1 N–H and O–H groups in total. The van der Waals surface area contributed by atoms with Crippen LogP contribution in [-0.4, -0.2) is 29.3 Å². The van der Waals surface area contributed by atoms with Crippen LogP contribution in [0.4, 0.5) is 0 Å². The Morgan fingerprint density at radius 2 is 1.53 bits per heavy atom. The van der Waals surface area contributed by atoms with Gasteiger partial charge in [0, 0.05) is 30.1 Å². The molecular weight excluding hydrogens is 494 g/mol. The van der Waals surface area contributed by atoms with Gasteiger partial charge < -0.3 is 4.57 Å². The van der Waals surface area contributed by atoms with Crippen LogP contribution in [0.3, 0.4) is 0 Å². The molecule has 4 aromatic rings. The number of carbonyl (C=O) groups excluding carboxylic acids is 1. The average Bonchev–Trinajstić information content (AvgIpc) is 3.14. The SMILES string of the molecule is CC(=O)c1c(Cl)nc(-c2ccccc2)n1Cc1ccc(-c2ccccc2S(=O)(=O)NC(C)(C)C)cc1. The minimum absolute atomic E-state index is 0.170. The highest BCUT2D eigenvalue weighted by Gasteiger charge is 2.25. The van der Waals surface area contributed by atoms with Gasteiger partial charge in [0.25, 0.3) is 0 Å². The van der Waals surface area contributed by atoms with Crippen molar-refractivity contribution in [2.24, 2.45) is 0 Å². The van der Waals surface area contributed by atoms with E-state index >= 15 is 0 Å². The molecule has 0 spiro atoms. The largest absolute Gasteiger partial charge is 0.316 e. The first-order chi connectivity index (χ1) is 17.0. The van der Waals surface area contributed by atoms with Crippen LogP contribution in [0, 0.1) is 0 Å². The second kappa shape index (κ2) is 10.0. The standard InChI is InChI=1S/C28H28ClN3O3S/c1-19(33)25-26(29)30-27(22-10-6-5-7-11-22)32(25)18-20-14-16-21(17-15-20)23-12-8-9-13-24(23)36(34,35)31-28(2,3)4/h5-17,31H,18H2,1-4H3. The van der Waals surface area contributed by atoms with Gasteiger partial charge in [-0.05, 0) is 38.0 Å². The Morgan fingerprint density at radius 3 is 2.14 bits per heavy atom. The lowest BCUT2D eigenvalue weighted by Crippen LogP contribution is -2.40. The van der Waals surface area contributed by atoms with Crippen LogP contribution < -0.4 is 4.72 Å². The van der Waals surface area contributed by atoms with Crippen molar-refractivity contribution in [3.05, 3.63) is 95.3 Å². The number of benzene rings is 3. The molecule has 0 atom stereocenters. The second-order valence-electron chi connectivity index (χ2n) is 9.63. The van der Waals surface area contributed by atoms with E-state index in [1.54, 1.807) is 18.2 Å². The molecule has 0 radical (unpaired) electrons. The van der Waals surface area contributed by atoms with Crippen molar-refractivity contribution in [1.82, 2.24) is 14.3 Å². The highest BCUT2D eigenvalue weighted by atomic mass is 35.5. The number of Topliss-reactive ketones (excluding diaryl/α,β-unsaturated/α-hetero) is 1. The Kier molecular flexibility index (Phi) is 7.18. The molecule has 1 heterocycles. The third-order valence-electron chi connectivity index (χ3n) is 5.51. The number of rotatable bonds is 7. The summed E-state index contributed by atoms with van der Waals surface area (Å²) in [4.78, 5) is 17.1. The van der Waals surface area contributed by atoms with Crippen LogP contribution in [0.25, 0.3) is 22.5 Å². The number of carbonyl (C=O) groups is 1. The van der Waals surface area contributed by atoms with E-state index in [-0.39, 0.29) is 15.8 Å². The van der Waals surface area contributed by atoms with Crippen molar-refractivity contribution in [3.8, 4) is 22.5 Å². The summed E-state index contributed by atoms with van der Waals surface area (Å²) in [6.07, 6.45) is 0.